The van der Waals surface area contributed by atoms with Crippen LogP contribution in [-0.2, 0) is 0 Å². The molecule has 4 aromatic rings. The number of pyridine rings is 1. The Hall–Kier alpha value is -2.52. The van der Waals surface area contributed by atoms with Crippen LogP contribution in [0.25, 0.3) is 27.7 Å². The van der Waals surface area contributed by atoms with Gasteiger partial charge in [-0.1, -0.05) is 54.1 Å². The number of halogens is 1. The van der Waals surface area contributed by atoms with E-state index in [1.54, 1.807) is 6.20 Å². The Balaban J connectivity index is 2.07. The molecule has 0 unspecified atom stereocenters. The number of nitrogen functional groups attached to an aromatic ring is 1. The van der Waals surface area contributed by atoms with Crippen molar-refractivity contribution >= 4 is 33.8 Å². The third-order valence-electron chi connectivity index (χ3n) is 3.66. The fourth-order valence-electron chi connectivity index (χ4n) is 2.67. The molecule has 2 aromatic heterocycles. The molecule has 0 radical (unpaired) electrons. The highest BCUT2D eigenvalue weighted by Crippen LogP contribution is 2.32. The summed E-state index contributed by atoms with van der Waals surface area (Å²) in [6.07, 6.45) is 1.79. The molecule has 2 aromatic carbocycles. The number of benzene rings is 2. The van der Waals surface area contributed by atoms with E-state index in [0.29, 0.717) is 10.8 Å². The molecule has 21 heavy (non-hydrogen) atoms. The van der Waals surface area contributed by atoms with Crippen molar-refractivity contribution in [2.75, 3.05) is 5.73 Å². The zero-order valence-electron chi connectivity index (χ0n) is 11.1. The number of nitrogens with zero attached hydrogens (tertiary/aromatic N) is 2. The molecule has 4 rings (SSSR count). The minimum atomic E-state index is 0.601. The lowest BCUT2D eigenvalue weighted by Gasteiger charge is -2.05. The monoisotopic (exact) mass is 293 g/mol. The lowest BCUT2D eigenvalue weighted by atomic mass is 10.0. The predicted octanol–water partition coefficient (Wildman–Crippen LogP) is 4.39. The summed E-state index contributed by atoms with van der Waals surface area (Å²) in [6, 6.07) is 18.1. The van der Waals surface area contributed by atoms with Crippen LogP contribution in [0.1, 0.15) is 0 Å². The van der Waals surface area contributed by atoms with Crippen LogP contribution in [-0.4, -0.2) is 9.38 Å². The Bertz CT molecular complexity index is 967. The fraction of sp³-hybridized carbons (Fsp3) is 0. The van der Waals surface area contributed by atoms with Gasteiger partial charge in [0.05, 0.1) is 5.02 Å². The van der Waals surface area contributed by atoms with Crippen LogP contribution >= 0.6 is 11.6 Å². The molecule has 0 aliphatic carbocycles. The largest absolute Gasteiger partial charge is 0.383 e. The van der Waals surface area contributed by atoms with Crippen molar-refractivity contribution in [1.82, 2.24) is 9.38 Å². The van der Waals surface area contributed by atoms with E-state index in [1.807, 2.05) is 40.8 Å². The summed E-state index contributed by atoms with van der Waals surface area (Å²) >= 11 is 6.04. The summed E-state index contributed by atoms with van der Waals surface area (Å²) < 4.78 is 1.82. The van der Waals surface area contributed by atoms with Gasteiger partial charge in [-0.05, 0) is 22.9 Å². The van der Waals surface area contributed by atoms with Crippen molar-refractivity contribution in [2.45, 2.75) is 0 Å². The Morgan fingerprint density at radius 3 is 2.67 bits per heavy atom. The van der Waals surface area contributed by atoms with Crippen LogP contribution in [0.5, 0.6) is 0 Å². The van der Waals surface area contributed by atoms with Gasteiger partial charge >= 0.3 is 0 Å². The molecule has 0 atom stereocenters. The number of aromatic nitrogens is 2. The van der Waals surface area contributed by atoms with Gasteiger partial charge in [0.25, 0.3) is 0 Å². The summed E-state index contributed by atoms with van der Waals surface area (Å²) in [5.41, 5.74) is 8.88. The average Bonchev–Trinajstić information content (AvgIpc) is 2.83. The molecule has 0 saturated carbocycles. The number of rotatable bonds is 1. The van der Waals surface area contributed by atoms with Crippen LogP contribution < -0.4 is 5.73 Å². The number of hydrogen-bond donors (Lipinski definition) is 1. The van der Waals surface area contributed by atoms with Gasteiger partial charge in [0, 0.05) is 11.8 Å². The van der Waals surface area contributed by atoms with E-state index in [1.165, 1.54) is 5.39 Å². The third-order valence-corrected chi connectivity index (χ3v) is 3.89. The van der Waals surface area contributed by atoms with Gasteiger partial charge in [-0.2, -0.15) is 0 Å². The predicted molar refractivity (Wildman–Crippen MR) is 87.6 cm³/mol. The fourth-order valence-corrected chi connectivity index (χ4v) is 2.83. The summed E-state index contributed by atoms with van der Waals surface area (Å²) in [6.45, 7) is 0. The highest BCUT2D eigenvalue weighted by Gasteiger charge is 2.13. The molecular formula is C17H12ClN3. The minimum absolute atomic E-state index is 0.601. The number of anilines is 1. The zero-order valence-corrected chi connectivity index (χ0v) is 11.9. The van der Waals surface area contributed by atoms with Gasteiger partial charge in [-0.25, -0.2) is 4.98 Å². The second-order valence-corrected chi connectivity index (χ2v) is 5.38. The molecule has 0 saturated heterocycles. The first-order chi connectivity index (χ1) is 10.2. The van der Waals surface area contributed by atoms with Crippen molar-refractivity contribution < 1.29 is 0 Å². The molecule has 2 N–H and O–H groups in total. The SMILES string of the molecule is Nc1c(-c2cccc3ccccc23)nc2ccc(Cl)cn12. The van der Waals surface area contributed by atoms with Crippen molar-refractivity contribution in [3.05, 3.63) is 65.8 Å². The van der Waals surface area contributed by atoms with E-state index < -0.39 is 0 Å². The minimum Gasteiger partial charge on any atom is -0.383 e. The van der Waals surface area contributed by atoms with Crippen molar-refractivity contribution in [1.29, 1.82) is 0 Å². The molecular weight excluding hydrogens is 282 g/mol. The second-order valence-electron chi connectivity index (χ2n) is 4.95. The number of hydrogen-bond acceptors (Lipinski definition) is 2. The van der Waals surface area contributed by atoms with Gasteiger partial charge in [0.2, 0.25) is 0 Å². The highest BCUT2D eigenvalue weighted by atomic mass is 35.5. The quantitative estimate of drug-likeness (QED) is 0.565. The molecule has 3 nitrogen and oxygen atoms in total. The number of fused-ring (bicyclic) bond motifs is 2. The average molecular weight is 294 g/mol. The third kappa shape index (κ3) is 1.86. The van der Waals surface area contributed by atoms with Crippen molar-refractivity contribution in [3.8, 4) is 11.3 Å². The van der Waals surface area contributed by atoms with Gasteiger partial charge in [-0.3, -0.25) is 4.40 Å². The van der Waals surface area contributed by atoms with E-state index in [4.69, 9.17) is 17.3 Å². The van der Waals surface area contributed by atoms with Crippen LogP contribution in [0.3, 0.4) is 0 Å². The Morgan fingerprint density at radius 1 is 0.952 bits per heavy atom. The van der Waals surface area contributed by atoms with E-state index >= 15 is 0 Å². The van der Waals surface area contributed by atoms with Crippen LogP contribution in [0, 0.1) is 0 Å². The highest BCUT2D eigenvalue weighted by molar-refractivity contribution is 6.30. The summed E-state index contributed by atoms with van der Waals surface area (Å²) in [7, 11) is 0. The normalized spacial score (nSPS) is 11.3. The summed E-state index contributed by atoms with van der Waals surface area (Å²) in [4.78, 5) is 4.65. The van der Waals surface area contributed by atoms with Crippen molar-refractivity contribution in [3.63, 3.8) is 0 Å². The Labute approximate surface area is 126 Å². The van der Waals surface area contributed by atoms with E-state index in [-0.39, 0.29) is 0 Å². The molecule has 0 spiro atoms. The van der Waals surface area contributed by atoms with E-state index in [0.717, 1.165) is 22.3 Å². The first-order valence-electron chi connectivity index (χ1n) is 6.65. The number of imidazole rings is 1. The molecule has 4 heteroatoms. The maximum atomic E-state index is 6.27. The molecule has 2 heterocycles. The maximum Gasteiger partial charge on any atom is 0.139 e. The summed E-state index contributed by atoms with van der Waals surface area (Å²) in [5, 5.41) is 2.95. The molecule has 0 amide bonds. The molecule has 0 aliphatic rings. The van der Waals surface area contributed by atoms with Gasteiger partial charge in [0.1, 0.15) is 17.2 Å². The van der Waals surface area contributed by atoms with Gasteiger partial charge in [-0.15, -0.1) is 0 Å². The van der Waals surface area contributed by atoms with E-state index in [2.05, 4.69) is 23.2 Å². The molecule has 0 fully saturated rings. The van der Waals surface area contributed by atoms with Gasteiger partial charge in [0.15, 0.2) is 0 Å². The maximum absolute atomic E-state index is 6.27. The summed E-state index contributed by atoms with van der Waals surface area (Å²) in [5.74, 6) is 0.601. The first-order valence-corrected chi connectivity index (χ1v) is 7.03. The topological polar surface area (TPSA) is 43.3 Å². The second kappa shape index (κ2) is 4.50. The van der Waals surface area contributed by atoms with Crippen LogP contribution in [0.4, 0.5) is 5.82 Å². The molecule has 0 aliphatic heterocycles. The van der Waals surface area contributed by atoms with E-state index in [9.17, 15) is 0 Å². The molecule has 102 valence electrons. The van der Waals surface area contributed by atoms with Crippen molar-refractivity contribution in [2.24, 2.45) is 0 Å². The lowest BCUT2D eigenvalue weighted by Crippen LogP contribution is -1.94. The molecule has 0 bridgehead atoms. The Kier molecular flexibility index (Phi) is 2.62. The smallest absolute Gasteiger partial charge is 0.139 e. The van der Waals surface area contributed by atoms with Gasteiger partial charge < -0.3 is 5.73 Å². The lowest BCUT2D eigenvalue weighted by molar-refractivity contribution is 1.20. The first kappa shape index (κ1) is 12.2. The number of nitrogens with two attached hydrogens (primary N) is 1. The standard InChI is InChI=1S/C17H12ClN3/c18-12-8-9-15-20-16(17(19)21(15)10-12)14-7-3-5-11-4-1-2-6-13(11)14/h1-10H,19H2. The Morgan fingerprint density at radius 2 is 1.76 bits per heavy atom. The van der Waals surface area contributed by atoms with Crippen LogP contribution in [0.2, 0.25) is 5.02 Å². The van der Waals surface area contributed by atoms with Crippen LogP contribution in [0.15, 0.2) is 60.8 Å². The zero-order chi connectivity index (χ0) is 14.4.